The van der Waals surface area contributed by atoms with Crippen molar-refractivity contribution in [2.45, 2.75) is 40.5 Å². The summed E-state index contributed by atoms with van der Waals surface area (Å²) in [4.78, 5) is 22.8. The lowest BCUT2D eigenvalue weighted by Gasteiger charge is -2.26. The van der Waals surface area contributed by atoms with Gasteiger partial charge in [0.25, 0.3) is 0 Å². The third kappa shape index (κ3) is 3.96. The molecule has 5 nitrogen and oxygen atoms in total. The number of aryl methyl sites for hydroxylation is 1. The molecule has 0 amide bonds. The van der Waals surface area contributed by atoms with Crippen LogP contribution in [0.2, 0.25) is 0 Å². The van der Waals surface area contributed by atoms with Crippen molar-refractivity contribution in [2.24, 2.45) is 5.92 Å². The molecule has 0 atom stereocenters. The molecule has 6 heteroatoms. The van der Waals surface area contributed by atoms with Gasteiger partial charge in [-0.2, -0.15) is 0 Å². The van der Waals surface area contributed by atoms with Crippen LogP contribution in [-0.2, 0) is 6.42 Å². The molecule has 0 unspecified atom stereocenters. The maximum Gasteiger partial charge on any atom is 0.185 e. The lowest BCUT2D eigenvalue weighted by Crippen LogP contribution is -2.43. The first-order chi connectivity index (χ1) is 12.0. The van der Waals surface area contributed by atoms with E-state index < -0.39 is 0 Å². The van der Waals surface area contributed by atoms with Crippen molar-refractivity contribution < 1.29 is 4.79 Å². The van der Waals surface area contributed by atoms with Crippen molar-refractivity contribution in [1.82, 2.24) is 15.3 Å². The van der Waals surface area contributed by atoms with E-state index in [1.807, 2.05) is 6.92 Å². The van der Waals surface area contributed by atoms with Crippen molar-refractivity contribution in [2.75, 3.05) is 31.1 Å². The van der Waals surface area contributed by atoms with Crippen LogP contribution in [0.3, 0.4) is 0 Å². The number of nitrogens with one attached hydrogen (secondary N) is 2. The van der Waals surface area contributed by atoms with Gasteiger partial charge in [0.1, 0.15) is 5.69 Å². The molecule has 2 aromatic rings. The van der Waals surface area contributed by atoms with Crippen LogP contribution >= 0.6 is 11.3 Å². The number of ketones is 1. The second-order valence-corrected chi connectivity index (χ2v) is 8.06. The molecule has 1 aliphatic heterocycles. The SMILES string of the molecule is CC(=O)c1c(C)[nH]c(-c2csc(N3CCNCC3)n2)c1CCC(C)C. The summed E-state index contributed by atoms with van der Waals surface area (Å²) in [5.41, 5.74) is 4.94. The van der Waals surface area contributed by atoms with Gasteiger partial charge >= 0.3 is 0 Å². The first-order valence-corrected chi connectivity index (χ1v) is 9.99. The van der Waals surface area contributed by atoms with Crippen LogP contribution in [0, 0.1) is 12.8 Å². The molecule has 0 radical (unpaired) electrons. The normalized spacial score (nSPS) is 15.2. The van der Waals surface area contributed by atoms with Crippen LogP contribution in [-0.4, -0.2) is 41.9 Å². The van der Waals surface area contributed by atoms with Crippen LogP contribution in [0.15, 0.2) is 5.38 Å². The minimum absolute atomic E-state index is 0.135. The van der Waals surface area contributed by atoms with Gasteiger partial charge in [-0.1, -0.05) is 13.8 Å². The van der Waals surface area contributed by atoms with E-state index in [0.29, 0.717) is 5.92 Å². The molecule has 2 N–H and O–H groups in total. The van der Waals surface area contributed by atoms with E-state index in [1.54, 1.807) is 18.3 Å². The van der Waals surface area contributed by atoms with Gasteiger partial charge < -0.3 is 15.2 Å². The zero-order valence-electron chi connectivity index (χ0n) is 15.6. The Kier molecular flexibility index (Phi) is 5.59. The Morgan fingerprint density at radius 1 is 1.36 bits per heavy atom. The number of anilines is 1. The number of hydrogen-bond acceptors (Lipinski definition) is 5. The van der Waals surface area contributed by atoms with Gasteiger partial charge in [0, 0.05) is 42.8 Å². The highest BCUT2D eigenvalue weighted by atomic mass is 32.1. The van der Waals surface area contributed by atoms with Gasteiger partial charge in [-0.15, -0.1) is 11.3 Å². The number of carbonyl (C=O) groups excluding carboxylic acids is 1. The molecular formula is C19H28N4OS. The van der Waals surface area contributed by atoms with Gasteiger partial charge in [0.15, 0.2) is 10.9 Å². The van der Waals surface area contributed by atoms with Crippen molar-refractivity contribution in [1.29, 1.82) is 0 Å². The average Bonchev–Trinajstić information content (AvgIpc) is 3.18. The van der Waals surface area contributed by atoms with Crippen molar-refractivity contribution in [3.05, 3.63) is 22.2 Å². The standard InChI is InChI=1S/C19H28N4OS/c1-12(2)5-6-15-17(14(4)24)13(3)21-18(15)16-11-25-19(22-16)23-9-7-20-8-10-23/h11-12,20-21H,5-10H2,1-4H3. The molecule has 2 aromatic heterocycles. The van der Waals surface area contributed by atoms with E-state index in [4.69, 9.17) is 4.98 Å². The summed E-state index contributed by atoms with van der Waals surface area (Å²) in [6, 6.07) is 0. The zero-order valence-corrected chi connectivity index (χ0v) is 16.4. The Bertz CT molecular complexity index is 741. The number of Topliss-reactive ketones (excluding diaryl/α,β-unsaturated/α-hetero) is 1. The Morgan fingerprint density at radius 2 is 2.08 bits per heavy atom. The fourth-order valence-corrected chi connectivity index (χ4v) is 4.31. The minimum atomic E-state index is 0.135. The van der Waals surface area contributed by atoms with E-state index in [-0.39, 0.29) is 5.78 Å². The monoisotopic (exact) mass is 360 g/mol. The van der Waals surface area contributed by atoms with E-state index in [2.05, 4.69) is 34.4 Å². The summed E-state index contributed by atoms with van der Waals surface area (Å²) in [6.07, 6.45) is 1.98. The molecule has 25 heavy (non-hydrogen) atoms. The number of aromatic nitrogens is 2. The molecule has 0 spiro atoms. The summed E-state index contributed by atoms with van der Waals surface area (Å²) < 4.78 is 0. The molecule has 3 rings (SSSR count). The molecule has 0 saturated carbocycles. The predicted octanol–water partition coefficient (Wildman–Crippen LogP) is 3.65. The summed E-state index contributed by atoms with van der Waals surface area (Å²) in [6.45, 7) is 12.1. The maximum atomic E-state index is 12.2. The highest BCUT2D eigenvalue weighted by Crippen LogP contribution is 2.33. The fraction of sp³-hybridized carbons (Fsp3) is 0.579. The van der Waals surface area contributed by atoms with Crippen molar-refractivity contribution >= 4 is 22.3 Å². The lowest BCUT2D eigenvalue weighted by molar-refractivity contribution is 0.101. The molecule has 1 saturated heterocycles. The molecule has 1 aliphatic rings. The molecule has 3 heterocycles. The third-order valence-corrected chi connectivity index (χ3v) is 5.65. The van der Waals surface area contributed by atoms with Gasteiger partial charge in [0.05, 0.1) is 5.69 Å². The number of carbonyl (C=O) groups is 1. The molecule has 0 aliphatic carbocycles. The number of H-pyrrole nitrogens is 1. The highest BCUT2D eigenvalue weighted by Gasteiger charge is 2.22. The van der Waals surface area contributed by atoms with Crippen LogP contribution in [0.1, 0.15) is 48.8 Å². The summed E-state index contributed by atoms with van der Waals surface area (Å²) >= 11 is 1.69. The number of piperazine rings is 1. The second kappa shape index (κ2) is 7.70. The van der Waals surface area contributed by atoms with Gasteiger partial charge in [-0.3, -0.25) is 4.79 Å². The van der Waals surface area contributed by atoms with Gasteiger partial charge in [-0.25, -0.2) is 4.98 Å². The fourth-order valence-electron chi connectivity index (χ4n) is 3.44. The molecule has 0 aromatic carbocycles. The summed E-state index contributed by atoms with van der Waals surface area (Å²) in [5.74, 6) is 0.742. The van der Waals surface area contributed by atoms with E-state index in [0.717, 1.165) is 72.4 Å². The first kappa shape index (κ1) is 18.1. The van der Waals surface area contributed by atoms with E-state index >= 15 is 0 Å². The predicted molar refractivity (Wildman–Crippen MR) is 105 cm³/mol. The Hall–Kier alpha value is -1.66. The first-order valence-electron chi connectivity index (χ1n) is 9.11. The van der Waals surface area contributed by atoms with E-state index in [1.165, 1.54) is 0 Å². The number of hydrogen-bond donors (Lipinski definition) is 2. The third-order valence-electron chi connectivity index (χ3n) is 4.75. The molecular weight excluding hydrogens is 332 g/mol. The smallest absolute Gasteiger partial charge is 0.185 e. The van der Waals surface area contributed by atoms with Gasteiger partial charge in [-0.05, 0) is 38.2 Å². The quantitative estimate of drug-likeness (QED) is 0.772. The number of nitrogens with zero attached hydrogens (tertiary/aromatic N) is 2. The summed E-state index contributed by atoms with van der Waals surface area (Å²) in [5, 5.41) is 6.56. The topological polar surface area (TPSA) is 61.0 Å². The van der Waals surface area contributed by atoms with Crippen LogP contribution in [0.25, 0.3) is 11.4 Å². The van der Waals surface area contributed by atoms with E-state index in [9.17, 15) is 4.79 Å². The minimum Gasteiger partial charge on any atom is -0.356 e. The van der Waals surface area contributed by atoms with Gasteiger partial charge in [0.2, 0.25) is 0 Å². The van der Waals surface area contributed by atoms with Crippen molar-refractivity contribution in [3.8, 4) is 11.4 Å². The number of aromatic amines is 1. The van der Waals surface area contributed by atoms with Crippen molar-refractivity contribution in [3.63, 3.8) is 0 Å². The molecule has 1 fully saturated rings. The second-order valence-electron chi connectivity index (χ2n) is 7.22. The maximum absolute atomic E-state index is 12.2. The Morgan fingerprint density at radius 3 is 2.72 bits per heavy atom. The molecule has 0 bridgehead atoms. The Balaban J connectivity index is 1.94. The summed E-state index contributed by atoms with van der Waals surface area (Å²) in [7, 11) is 0. The number of thiazole rings is 1. The van der Waals surface area contributed by atoms with Crippen LogP contribution in [0.4, 0.5) is 5.13 Å². The van der Waals surface area contributed by atoms with Crippen LogP contribution < -0.4 is 10.2 Å². The molecule has 136 valence electrons. The average molecular weight is 361 g/mol. The van der Waals surface area contributed by atoms with Crippen LogP contribution in [0.5, 0.6) is 0 Å². The largest absolute Gasteiger partial charge is 0.356 e. The lowest BCUT2D eigenvalue weighted by atomic mass is 9.96. The zero-order chi connectivity index (χ0) is 18.0. The Labute approximate surface area is 153 Å². The highest BCUT2D eigenvalue weighted by molar-refractivity contribution is 7.14. The number of rotatable bonds is 6.